The number of hydrogen-bond donors (Lipinski definition) is 1. The van der Waals surface area contributed by atoms with Crippen molar-refractivity contribution in [2.45, 2.75) is 20.8 Å². The average Bonchev–Trinajstić information content (AvgIpc) is 3.06. The lowest BCUT2D eigenvalue weighted by Gasteiger charge is -2.36. The summed E-state index contributed by atoms with van der Waals surface area (Å²) in [4.78, 5) is 43.4. The highest BCUT2D eigenvalue weighted by Gasteiger charge is 2.25. The molecule has 1 amide bonds. The van der Waals surface area contributed by atoms with Crippen LogP contribution in [0.25, 0.3) is 0 Å². The minimum absolute atomic E-state index is 0.121. The van der Waals surface area contributed by atoms with Crippen molar-refractivity contribution in [3.05, 3.63) is 46.8 Å². The van der Waals surface area contributed by atoms with E-state index in [1.54, 1.807) is 25.9 Å². The molecule has 0 saturated carbocycles. The molecule has 1 aromatic heterocycles. The van der Waals surface area contributed by atoms with Crippen LogP contribution < -0.4 is 9.64 Å². The van der Waals surface area contributed by atoms with Crippen LogP contribution in [-0.2, 0) is 9.53 Å². The molecule has 2 heterocycles. The lowest BCUT2D eigenvalue weighted by molar-refractivity contribution is -0.134. The summed E-state index contributed by atoms with van der Waals surface area (Å²) in [6.07, 6.45) is 0. The Bertz CT molecular complexity index is 958. The average molecular weight is 413 g/mol. The number of benzene rings is 1. The van der Waals surface area contributed by atoms with Gasteiger partial charge in [0.25, 0.3) is 5.91 Å². The fourth-order valence-corrected chi connectivity index (χ4v) is 3.86. The molecule has 1 fully saturated rings. The van der Waals surface area contributed by atoms with Crippen LogP contribution in [-0.4, -0.2) is 67.4 Å². The van der Waals surface area contributed by atoms with E-state index in [0.29, 0.717) is 43.0 Å². The quantitative estimate of drug-likeness (QED) is 0.577. The van der Waals surface area contributed by atoms with E-state index in [0.717, 1.165) is 11.4 Å². The Labute approximate surface area is 175 Å². The van der Waals surface area contributed by atoms with E-state index >= 15 is 0 Å². The van der Waals surface area contributed by atoms with Gasteiger partial charge in [0, 0.05) is 37.4 Å². The second-order valence-corrected chi connectivity index (χ2v) is 7.30. The number of anilines is 1. The molecule has 0 aliphatic carbocycles. The molecule has 2 aromatic rings. The minimum atomic E-state index is -0.635. The summed E-state index contributed by atoms with van der Waals surface area (Å²) in [6.45, 7) is 6.93. The summed E-state index contributed by atoms with van der Waals surface area (Å²) >= 11 is 0. The zero-order chi connectivity index (χ0) is 21.8. The molecule has 0 spiro atoms. The molecule has 1 aliphatic heterocycles. The maximum atomic E-state index is 12.5. The van der Waals surface area contributed by atoms with Gasteiger partial charge in [-0.15, -0.1) is 0 Å². The number of aromatic nitrogens is 1. The Morgan fingerprint density at radius 3 is 2.33 bits per heavy atom. The SMILES string of the molecule is COc1ccccc1N1CCN(C(=O)COC(=O)c2[nH]c(C)c(C(C)=O)c2C)CC1. The van der Waals surface area contributed by atoms with Crippen molar-refractivity contribution >= 4 is 23.3 Å². The molecule has 0 atom stereocenters. The summed E-state index contributed by atoms with van der Waals surface area (Å²) < 4.78 is 10.6. The molecule has 0 unspecified atom stereocenters. The van der Waals surface area contributed by atoms with Gasteiger partial charge < -0.3 is 24.3 Å². The smallest absolute Gasteiger partial charge is 0.355 e. The van der Waals surface area contributed by atoms with Crippen LogP contribution in [0.2, 0.25) is 0 Å². The first-order valence-corrected chi connectivity index (χ1v) is 9.86. The number of piperazine rings is 1. The number of aryl methyl sites for hydroxylation is 1. The predicted octanol–water partition coefficient (Wildman–Crippen LogP) is 2.35. The third-order valence-corrected chi connectivity index (χ3v) is 5.38. The molecule has 3 rings (SSSR count). The molecule has 30 heavy (non-hydrogen) atoms. The topological polar surface area (TPSA) is 91.9 Å². The van der Waals surface area contributed by atoms with Crippen molar-refractivity contribution in [3.63, 3.8) is 0 Å². The van der Waals surface area contributed by atoms with Gasteiger partial charge in [-0.25, -0.2) is 4.79 Å². The number of nitrogens with one attached hydrogen (secondary N) is 1. The van der Waals surface area contributed by atoms with Gasteiger partial charge in [-0.1, -0.05) is 12.1 Å². The van der Waals surface area contributed by atoms with Crippen molar-refractivity contribution in [1.82, 2.24) is 9.88 Å². The minimum Gasteiger partial charge on any atom is -0.495 e. The van der Waals surface area contributed by atoms with Crippen molar-refractivity contribution in [1.29, 1.82) is 0 Å². The Hall–Kier alpha value is -3.29. The van der Waals surface area contributed by atoms with Crippen molar-refractivity contribution in [2.24, 2.45) is 0 Å². The summed E-state index contributed by atoms with van der Waals surface area (Å²) in [7, 11) is 1.64. The zero-order valence-corrected chi connectivity index (χ0v) is 17.8. The summed E-state index contributed by atoms with van der Waals surface area (Å²) in [5.41, 5.74) is 2.86. The van der Waals surface area contributed by atoms with Crippen LogP contribution in [0, 0.1) is 13.8 Å². The fraction of sp³-hybridized carbons (Fsp3) is 0.409. The van der Waals surface area contributed by atoms with Crippen LogP contribution in [0.15, 0.2) is 24.3 Å². The van der Waals surface area contributed by atoms with Crippen LogP contribution in [0.1, 0.15) is 39.0 Å². The van der Waals surface area contributed by atoms with Crippen molar-refractivity contribution < 1.29 is 23.9 Å². The summed E-state index contributed by atoms with van der Waals surface area (Å²) in [5.74, 6) is -0.197. The van der Waals surface area contributed by atoms with Crippen LogP contribution in [0.5, 0.6) is 5.75 Å². The normalized spacial score (nSPS) is 13.9. The standard InChI is InChI=1S/C22H27N3O5/c1-14-20(16(3)26)15(2)23-21(14)22(28)30-13-19(27)25-11-9-24(10-12-25)17-7-5-6-8-18(17)29-4/h5-8,23H,9-13H2,1-4H3. The zero-order valence-electron chi connectivity index (χ0n) is 17.8. The van der Waals surface area contributed by atoms with Gasteiger partial charge in [-0.3, -0.25) is 9.59 Å². The monoisotopic (exact) mass is 413 g/mol. The van der Waals surface area contributed by atoms with Gasteiger partial charge in [0.15, 0.2) is 12.4 Å². The third kappa shape index (κ3) is 4.32. The van der Waals surface area contributed by atoms with Gasteiger partial charge in [0.05, 0.1) is 12.8 Å². The van der Waals surface area contributed by atoms with E-state index in [1.807, 2.05) is 24.3 Å². The number of para-hydroxylation sites is 2. The fourth-order valence-electron chi connectivity index (χ4n) is 3.86. The Morgan fingerprint density at radius 1 is 1.07 bits per heavy atom. The Balaban J connectivity index is 1.55. The number of methoxy groups -OCH3 is 1. The molecule has 1 N–H and O–H groups in total. The van der Waals surface area contributed by atoms with Gasteiger partial charge in [0.2, 0.25) is 0 Å². The van der Waals surface area contributed by atoms with Gasteiger partial charge in [-0.2, -0.15) is 0 Å². The van der Waals surface area contributed by atoms with Crippen LogP contribution in [0.3, 0.4) is 0 Å². The number of rotatable bonds is 6. The van der Waals surface area contributed by atoms with Gasteiger partial charge in [-0.05, 0) is 38.5 Å². The number of ether oxygens (including phenoxy) is 2. The maximum absolute atomic E-state index is 12.5. The molecular formula is C22H27N3O5. The van der Waals surface area contributed by atoms with E-state index in [2.05, 4.69) is 9.88 Å². The lowest BCUT2D eigenvalue weighted by atomic mass is 10.1. The van der Waals surface area contributed by atoms with E-state index < -0.39 is 5.97 Å². The molecule has 0 radical (unpaired) electrons. The van der Waals surface area contributed by atoms with Crippen molar-refractivity contribution in [3.8, 4) is 5.75 Å². The van der Waals surface area contributed by atoms with Gasteiger partial charge in [0.1, 0.15) is 11.4 Å². The number of aromatic amines is 1. The number of amides is 1. The number of carbonyl (C=O) groups excluding carboxylic acids is 3. The number of nitrogens with zero attached hydrogens (tertiary/aromatic N) is 2. The second-order valence-electron chi connectivity index (χ2n) is 7.30. The molecule has 0 bridgehead atoms. The predicted molar refractivity (Wildman–Crippen MR) is 112 cm³/mol. The second kappa shape index (κ2) is 9.02. The first kappa shape index (κ1) is 21.4. The number of H-pyrrole nitrogens is 1. The molecule has 1 aliphatic rings. The first-order valence-electron chi connectivity index (χ1n) is 9.86. The summed E-state index contributed by atoms with van der Waals surface area (Å²) in [6, 6.07) is 7.78. The van der Waals surface area contributed by atoms with Crippen LogP contribution >= 0.6 is 0 Å². The van der Waals surface area contributed by atoms with Gasteiger partial charge >= 0.3 is 5.97 Å². The van der Waals surface area contributed by atoms with E-state index in [4.69, 9.17) is 9.47 Å². The van der Waals surface area contributed by atoms with E-state index in [-0.39, 0.29) is 24.0 Å². The molecule has 8 heteroatoms. The summed E-state index contributed by atoms with van der Waals surface area (Å²) in [5, 5.41) is 0. The number of Topliss-reactive ketones (excluding diaryl/α,β-unsaturated/α-hetero) is 1. The molecule has 160 valence electrons. The highest BCUT2D eigenvalue weighted by atomic mass is 16.5. The van der Waals surface area contributed by atoms with Crippen molar-refractivity contribution in [2.75, 3.05) is 44.8 Å². The third-order valence-electron chi connectivity index (χ3n) is 5.38. The number of esters is 1. The molecule has 1 aromatic carbocycles. The largest absolute Gasteiger partial charge is 0.495 e. The molecular weight excluding hydrogens is 386 g/mol. The van der Waals surface area contributed by atoms with E-state index in [9.17, 15) is 14.4 Å². The first-order chi connectivity index (χ1) is 14.3. The Morgan fingerprint density at radius 2 is 1.73 bits per heavy atom. The number of hydrogen-bond acceptors (Lipinski definition) is 6. The maximum Gasteiger partial charge on any atom is 0.355 e. The Kier molecular flexibility index (Phi) is 6.44. The highest BCUT2D eigenvalue weighted by molar-refractivity contribution is 6.01. The highest BCUT2D eigenvalue weighted by Crippen LogP contribution is 2.28. The van der Waals surface area contributed by atoms with E-state index in [1.165, 1.54) is 6.92 Å². The number of carbonyl (C=O) groups is 3. The lowest BCUT2D eigenvalue weighted by Crippen LogP contribution is -2.50. The molecule has 8 nitrogen and oxygen atoms in total. The molecule has 1 saturated heterocycles. The van der Waals surface area contributed by atoms with Crippen LogP contribution in [0.4, 0.5) is 5.69 Å². The number of ketones is 1.